The molecule has 0 unspecified atom stereocenters. The van der Waals surface area contributed by atoms with Crippen LogP contribution in [0.5, 0.6) is 0 Å². The molecular weight excluding hydrogens is 480 g/mol. The van der Waals surface area contributed by atoms with E-state index in [1.807, 2.05) is 6.20 Å². The topological polar surface area (TPSA) is 100 Å². The number of nitrogens with zero attached hydrogens (tertiary/aromatic N) is 4. The fourth-order valence-electron chi connectivity index (χ4n) is 3.98. The number of amides is 2. The van der Waals surface area contributed by atoms with Crippen LogP contribution in [-0.2, 0) is 16.1 Å². The van der Waals surface area contributed by atoms with Gasteiger partial charge in [0.05, 0.1) is 16.3 Å². The van der Waals surface area contributed by atoms with Gasteiger partial charge in [-0.1, -0.05) is 0 Å². The first-order chi connectivity index (χ1) is 17.2. The molecule has 4 rings (SSSR count). The minimum Gasteiger partial charge on any atom is -0.341 e. The van der Waals surface area contributed by atoms with Crippen molar-refractivity contribution in [1.82, 2.24) is 25.6 Å². The standard InChI is InChI=1S/C25H28N6O2S2/c1-34-23(24(33)29-17-32)13-21-3-8-28-25(30-21)31-9-4-18(5-10-31)14-26-15-19-2-7-27-22(12-19)20-6-11-35-16-20/h2-3,6-8,11-13,16-18,26H,4-5,9-10,14-15H2,1H3,(H,29,32,33)/b23-13-. The number of pyridine rings is 1. The third-order valence-corrected chi connectivity index (χ3v) is 7.30. The third kappa shape index (κ3) is 6.97. The predicted molar refractivity (Wildman–Crippen MR) is 142 cm³/mol. The van der Waals surface area contributed by atoms with Gasteiger partial charge in [-0.25, -0.2) is 9.97 Å². The number of carbonyl (C=O) groups is 2. The summed E-state index contributed by atoms with van der Waals surface area (Å²) in [5.74, 6) is 0.831. The summed E-state index contributed by atoms with van der Waals surface area (Å²) in [7, 11) is 0. The molecule has 4 heterocycles. The number of piperidine rings is 1. The first-order valence-corrected chi connectivity index (χ1v) is 13.6. The smallest absolute Gasteiger partial charge is 0.264 e. The second-order valence-corrected chi connectivity index (χ2v) is 9.84. The SMILES string of the molecule is CS/C(=C\c1ccnc(N2CCC(CNCc3ccnc(-c4ccsc4)c3)CC2)n1)C(=O)NC=O. The summed E-state index contributed by atoms with van der Waals surface area (Å²) in [4.78, 5) is 38.7. The Labute approximate surface area is 213 Å². The zero-order chi connectivity index (χ0) is 24.5. The molecule has 2 N–H and O–H groups in total. The van der Waals surface area contributed by atoms with Crippen molar-refractivity contribution >= 4 is 47.4 Å². The molecule has 182 valence electrons. The Hall–Kier alpha value is -3.08. The van der Waals surface area contributed by atoms with Crippen LogP contribution < -0.4 is 15.5 Å². The maximum Gasteiger partial charge on any atom is 0.264 e. The average Bonchev–Trinajstić information content (AvgIpc) is 3.43. The fraction of sp³-hybridized carbons (Fsp3) is 0.320. The van der Waals surface area contributed by atoms with E-state index in [0.29, 0.717) is 28.9 Å². The van der Waals surface area contributed by atoms with E-state index >= 15 is 0 Å². The summed E-state index contributed by atoms with van der Waals surface area (Å²) in [6, 6.07) is 8.07. The Balaban J connectivity index is 1.27. The Kier molecular flexibility index (Phi) is 8.99. The molecule has 0 aliphatic carbocycles. The average molecular weight is 509 g/mol. The lowest BCUT2D eigenvalue weighted by molar-refractivity contribution is -0.121. The first-order valence-electron chi connectivity index (χ1n) is 11.4. The molecule has 0 atom stereocenters. The van der Waals surface area contributed by atoms with Crippen molar-refractivity contribution in [3.8, 4) is 11.3 Å². The van der Waals surface area contributed by atoms with E-state index in [9.17, 15) is 9.59 Å². The zero-order valence-corrected chi connectivity index (χ0v) is 21.1. The number of hydrogen-bond acceptors (Lipinski definition) is 9. The number of rotatable bonds is 10. The molecule has 8 nitrogen and oxygen atoms in total. The van der Waals surface area contributed by atoms with Gasteiger partial charge < -0.3 is 10.2 Å². The van der Waals surface area contributed by atoms with Crippen molar-refractivity contribution in [2.45, 2.75) is 19.4 Å². The summed E-state index contributed by atoms with van der Waals surface area (Å²) in [6.07, 6.45) is 9.55. The lowest BCUT2D eigenvalue weighted by Gasteiger charge is -2.32. The molecule has 0 bridgehead atoms. The van der Waals surface area contributed by atoms with Crippen LogP contribution in [0.3, 0.4) is 0 Å². The van der Waals surface area contributed by atoms with Gasteiger partial charge in [0, 0.05) is 43.0 Å². The lowest BCUT2D eigenvalue weighted by Crippen LogP contribution is -2.38. The summed E-state index contributed by atoms with van der Waals surface area (Å²) >= 11 is 2.95. The summed E-state index contributed by atoms with van der Waals surface area (Å²) in [6.45, 7) is 3.57. The Morgan fingerprint density at radius 1 is 1.23 bits per heavy atom. The summed E-state index contributed by atoms with van der Waals surface area (Å²) < 4.78 is 0. The number of hydrogen-bond donors (Lipinski definition) is 2. The largest absolute Gasteiger partial charge is 0.341 e. The zero-order valence-electron chi connectivity index (χ0n) is 19.5. The van der Waals surface area contributed by atoms with Gasteiger partial charge in [0.2, 0.25) is 12.4 Å². The Bertz CT molecular complexity index is 1160. The number of thiophene rings is 1. The highest BCUT2D eigenvalue weighted by Crippen LogP contribution is 2.23. The van der Waals surface area contributed by atoms with Crippen molar-refractivity contribution < 1.29 is 9.59 Å². The van der Waals surface area contributed by atoms with Gasteiger partial charge in [-0.3, -0.25) is 19.9 Å². The van der Waals surface area contributed by atoms with Crippen molar-refractivity contribution in [2.24, 2.45) is 5.92 Å². The molecule has 2 amide bonds. The highest BCUT2D eigenvalue weighted by atomic mass is 32.2. The highest BCUT2D eigenvalue weighted by Gasteiger charge is 2.21. The molecule has 3 aromatic rings. The van der Waals surface area contributed by atoms with Crippen molar-refractivity contribution in [3.63, 3.8) is 0 Å². The maximum absolute atomic E-state index is 12.0. The normalized spacial score (nSPS) is 14.7. The van der Waals surface area contributed by atoms with Crippen molar-refractivity contribution in [1.29, 1.82) is 0 Å². The Morgan fingerprint density at radius 2 is 2.06 bits per heavy atom. The van der Waals surface area contributed by atoms with Gasteiger partial charge in [0.15, 0.2) is 0 Å². The van der Waals surface area contributed by atoms with Gasteiger partial charge in [-0.05, 0) is 72.8 Å². The van der Waals surface area contributed by atoms with Crippen LogP contribution in [0.15, 0.2) is 52.3 Å². The van der Waals surface area contributed by atoms with Crippen LogP contribution >= 0.6 is 23.1 Å². The number of thioether (sulfide) groups is 1. The first kappa shape index (κ1) is 25.0. The van der Waals surface area contributed by atoms with Crippen LogP contribution in [0, 0.1) is 5.92 Å². The predicted octanol–water partition coefficient (Wildman–Crippen LogP) is 3.58. The molecule has 0 spiro atoms. The quantitative estimate of drug-likeness (QED) is 0.317. The fourth-order valence-corrected chi connectivity index (χ4v) is 5.11. The molecule has 1 fully saturated rings. The Morgan fingerprint density at radius 3 is 2.80 bits per heavy atom. The van der Waals surface area contributed by atoms with Gasteiger partial charge >= 0.3 is 0 Å². The highest BCUT2D eigenvalue weighted by molar-refractivity contribution is 8.03. The molecule has 0 saturated carbocycles. The van der Waals surface area contributed by atoms with Crippen LogP contribution in [0.2, 0.25) is 0 Å². The van der Waals surface area contributed by atoms with Crippen LogP contribution in [0.1, 0.15) is 24.1 Å². The van der Waals surface area contributed by atoms with Gasteiger partial charge in [0.25, 0.3) is 5.91 Å². The minimum atomic E-state index is -0.435. The molecule has 0 aromatic carbocycles. The molecule has 0 radical (unpaired) electrons. The molecule has 35 heavy (non-hydrogen) atoms. The molecular formula is C25H28N6O2S2. The van der Waals surface area contributed by atoms with E-state index in [1.165, 1.54) is 22.9 Å². The van der Waals surface area contributed by atoms with Crippen LogP contribution in [-0.4, -0.2) is 53.2 Å². The molecule has 1 saturated heterocycles. The summed E-state index contributed by atoms with van der Waals surface area (Å²) in [5, 5.41) is 9.97. The van der Waals surface area contributed by atoms with E-state index < -0.39 is 5.91 Å². The van der Waals surface area contributed by atoms with E-state index in [1.54, 1.807) is 35.9 Å². The second-order valence-electron chi connectivity index (χ2n) is 8.21. The van der Waals surface area contributed by atoms with Crippen LogP contribution in [0.4, 0.5) is 5.95 Å². The maximum atomic E-state index is 12.0. The minimum absolute atomic E-state index is 0.385. The van der Waals surface area contributed by atoms with E-state index in [4.69, 9.17) is 0 Å². The third-order valence-electron chi connectivity index (χ3n) is 5.88. The number of imide groups is 1. The van der Waals surface area contributed by atoms with Crippen LogP contribution in [0.25, 0.3) is 17.3 Å². The van der Waals surface area contributed by atoms with Gasteiger partial charge in [-0.15, -0.1) is 11.8 Å². The van der Waals surface area contributed by atoms with E-state index in [0.717, 1.165) is 44.7 Å². The molecule has 3 aromatic heterocycles. The van der Waals surface area contributed by atoms with E-state index in [2.05, 4.69) is 59.4 Å². The number of carbonyl (C=O) groups excluding carboxylic acids is 2. The van der Waals surface area contributed by atoms with Gasteiger partial charge in [-0.2, -0.15) is 11.3 Å². The second kappa shape index (κ2) is 12.6. The summed E-state index contributed by atoms with van der Waals surface area (Å²) in [5.41, 5.74) is 4.07. The number of aromatic nitrogens is 3. The number of nitrogens with one attached hydrogen (secondary N) is 2. The molecule has 1 aliphatic heterocycles. The molecule has 1 aliphatic rings. The lowest BCUT2D eigenvalue weighted by atomic mass is 9.97. The molecule has 10 heteroatoms. The van der Waals surface area contributed by atoms with Gasteiger partial charge in [0.1, 0.15) is 0 Å². The van der Waals surface area contributed by atoms with E-state index in [-0.39, 0.29) is 0 Å². The van der Waals surface area contributed by atoms with Crippen molar-refractivity contribution in [3.05, 3.63) is 63.6 Å². The number of anilines is 1. The van der Waals surface area contributed by atoms with Crippen molar-refractivity contribution in [2.75, 3.05) is 30.8 Å². The monoisotopic (exact) mass is 508 g/mol.